The summed E-state index contributed by atoms with van der Waals surface area (Å²) in [5, 5.41) is 11.0. The number of ether oxygens (including phenoxy) is 10. The summed E-state index contributed by atoms with van der Waals surface area (Å²) < 4.78 is 55.0. The van der Waals surface area contributed by atoms with Gasteiger partial charge in [-0.05, 0) is 20.8 Å². The van der Waals surface area contributed by atoms with Crippen LogP contribution >= 0.6 is 0 Å². The summed E-state index contributed by atoms with van der Waals surface area (Å²) in [5.41, 5.74) is -1.12. The third-order valence-electron chi connectivity index (χ3n) is 6.46. The molecule has 0 unspecified atom stereocenters. The van der Waals surface area contributed by atoms with Crippen molar-refractivity contribution in [2.24, 2.45) is 5.41 Å². The highest BCUT2D eigenvalue weighted by Gasteiger charge is 2.57. The highest BCUT2D eigenvalue weighted by molar-refractivity contribution is 5.75. The zero-order chi connectivity index (χ0) is 35.8. The van der Waals surface area contributed by atoms with Crippen molar-refractivity contribution in [2.75, 3.05) is 13.2 Å². The van der Waals surface area contributed by atoms with Gasteiger partial charge in [-0.25, -0.2) is 0 Å². The summed E-state index contributed by atoms with van der Waals surface area (Å²) in [6.07, 6.45) is -16.6. The van der Waals surface area contributed by atoms with Crippen LogP contribution in [-0.2, 0) is 80.9 Å². The lowest BCUT2D eigenvalue weighted by Gasteiger charge is -2.48. The van der Waals surface area contributed by atoms with Crippen LogP contribution in [-0.4, -0.2) is 122 Å². The van der Waals surface area contributed by atoms with Crippen LogP contribution in [0.1, 0.15) is 62.3 Å². The molecule has 0 aromatic rings. The number of hydrogen-bond acceptors (Lipinski definition) is 18. The Bertz CT molecular complexity index is 1180. The van der Waals surface area contributed by atoms with Crippen LogP contribution in [0.3, 0.4) is 0 Å². The third-order valence-corrected chi connectivity index (χ3v) is 6.46. The molecule has 0 aromatic carbocycles. The van der Waals surface area contributed by atoms with Gasteiger partial charge in [0.2, 0.25) is 0 Å². The lowest BCUT2D eigenvalue weighted by Crippen LogP contribution is -2.67. The SMILES string of the molecule is CC(=O)OC[C@H]1O[C@H](O)[C@H](OC(=O)C(C)(C)C)[C@@H](O[C@@H]2O[C@H](COC(C)=O)[C@H](OC(C)=O)[C@H](OC(C)=O)[C@H]2OC(C)=O)[C@H]1OC(C)=O. The average Bonchev–Trinajstić information content (AvgIpc) is 2.91. The highest BCUT2D eigenvalue weighted by Crippen LogP contribution is 2.35. The minimum Gasteiger partial charge on any atom is -0.463 e. The maximum atomic E-state index is 13.0. The van der Waals surface area contributed by atoms with E-state index in [1.165, 1.54) is 20.8 Å². The molecule has 0 bridgehead atoms. The van der Waals surface area contributed by atoms with Crippen molar-refractivity contribution >= 4 is 41.8 Å². The standard InChI is InChI=1S/C29H42O18/c1-12(30)38-10-18-20(40-14(3)32)22(24(26(36)44-18)47-28(37)29(7,8)9)46-27-25(43-17(6)35)23(42-16(5)34)21(41-15(4)33)19(45-27)11-39-13(2)31/h18-27,36H,10-11H2,1-9H3/t18-,19-,20+,21+,22+,23+,24-,25-,26+,27+/m1/s1. The Labute approximate surface area is 270 Å². The average molecular weight is 679 g/mol. The van der Waals surface area contributed by atoms with E-state index in [2.05, 4.69) is 0 Å². The van der Waals surface area contributed by atoms with Crippen molar-refractivity contribution in [1.82, 2.24) is 0 Å². The van der Waals surface area contributed by atoms with E-state index in [1.807, 2.05) is 0 Å². The summed E-state index contributed by atoms with van der Waals surface area (Å²) in [7, 11) is 0. The normalized spacial score (nSPS) is 30.6. The second kappa shape index (κ2) is 16.8. The van der Waals surface area contributed by atoms with Crippen LogP contribution in [0.2, 0.25) is 0 Å². The van der Waals surface area contributed by atoms with Crippen LogP contribution in [0, 0.1) is 5.41 Å². The zero-order valence-electron chi connectivity index (χ0n) is 27.6. The Morgan fingerprint density at radius 2 is 0.936 bits per heavy atom. The van der Waals surface area contributed by atoms with Gasteiger partial charge in [0.1, 0.15) is 31.5 Å². The molecule has 0 radical (unpaired) electrons. The van der Waals surface area contributed by atoms with Crippen LogP contribution < -0.4 is 0 Å². The molecule has 2 aliphatic rings. The zero-order valence-corrected chi connectivity index (χ0v) is 27.6. The van der Waals surface area contributed by atoms with E-state index in [4.69, 9.17) is 47.4 Å². The highest BCUT2D eigenvalue weighted by atomic mass is 16.8. The van der Waals surface area contributed by atoms with Gasteiger partial charge in [0.25, 0.3) is 0 Å². The molecule has 2 rings (SSSR count). The number of carbonyl (C=O) groups is 7. The molecule has 2 fully saturated rings. The van der Waals surface area contributed by atoms with Crippen LogP contribution in [0.25, 0.3) is 0 Å². The molecule has 18 heteroatoms. The van der Waals surface area contributed by atoms with E-state index >= 15 is 0 Å². The van der Waals surface area contributed by atoms with Gasteiger partial charge >= 0.3 is 41.8 Å². The number of esters is 7. The first kappa shape index (κ1) is 39.3. The second-order valence-corrected chi connectivity index (χ2v) is 11.7. The van der Waals surface area contributed by atoms with E-state index < -0.39 is 122 Å². The number of aliphatic hydroxyl groups excluding tert-OH is 1. The molecule has 10 atom stereocenters. The van der Waals surface area contributed by atoms with Gasteiger partial charge in [-0.15, -0.1) is 0 Å². The second-order valence-electron chi connectivity index (χ2n) is 11.7. The summed E-state index contributed by atoms with van der Waals surface area (Å²) in [4.78, 5) is 85.1. The van der Waals surface area contributed by atoms with Gasteiger partial charge in [-0.3, -0.25) is 33.6 Å². The molecule has 18 nitrogen and oxygen atoms in total. The maximum Gasteiger partial charge on any atom is 0.311 e. The molecular weight excluding hydrogens is 636 g/mol. The molecule has 1 N–H and O–H groups in total. The first-order chi connectivity index (χ1) is 21.7. The van der Waals surface area contributed by atoms with Gasteiger partial charge in [-0.2, -0.15) is 0 Å². The maximum absolute atomic E-state index is 13.0. The Balaban J connectivity index is 2.73. The molecule has 2 aliphatic heterocycles. The van der Waals surface area contributed by atoms with E-state index in [1.54, 1.807) is 0 Å². The van der Waals surface area contributed by atoms with Gasteiger partial charge in [-0.1, -0.05) is 0 Å². The predicted molar refractivity (Wildman–Crippen MR) is 149 cm³/mol. The van der Waals surface area contributed by atoms with Gasteiger partial charge < -0.3 is 52.5 Å². The smallest absolute Gasteiger partial charge is 0.311 e. The Morgan fingerprint density at radius 1 is 0.532 bits per heavy atom. The van der Waals surface area contributed by atoms with Crippen molar-refractivity contribution in [3.8, 4) is 0 Å². The molecule has 2 heterocycles. The number of hydrogen-bond donors (Lipinski definition) is 1. The quantitative estimate of drug-likeness (QED) is 0.217. The lowest BCUT2D eigenvalue weighted by atomic mass is 9.94. The molecule has 2 saturated heterocycles. The molecule has 266 valence electrons. The Hall–Kier alpha value is -3.87. The van der Waals surface area contributed by atoms with Crippen LogP contribution in [0.4, 0.5) is 0 Å². The molecule has 0 aromatic heterocycles. The molecule has 0 spiro atoms. The molecule has 0 saturated carbocycles. The van der Waals surface area contributed by atoms with Gasteiger partial charge in [0.05, 0.1) is 5.41 Å². The van der Waals surface area contributed by atoms with E-state index in [-0.39, 0.29) is 0 Å². The van der Waals surface area contributed by atoms with Crippen LogP contribution in [0.15, 0.2) is 0 Å². The molecular formula is C29H42O18. The fourth-order valence-electron chi connectivity index (χ4n) is 4.60. The third kappa shape index (κ3) is 11.7. The first-order valence-electron chi connectivity index (χ1n) is 14.5. The minimum atomic E-state index is -1.97. The lowest BCUT2D eigenvalue weighted by molar-refractivity contribution is -0.358. The molecule has 47 heavy (non-hydrogen) atoms. The van der Waals surface area contributed by atoms with E-state index in [9.17, 15) is 38.7 Å². The number of aliphatic hydroxyl groups is 1. The summed E-state index contributed by atoms with van der Waals surface area (Å²) in [6.45, 7) is 9.72. The van der Waals surface area contributed by atoms with Crippen molar-refractivity contribution < 1.29 is 86.0 Å². The van der Waals surface area contributed by atoms with Gasteiger partial charge in [0, 0.05) is 41.5 Å². The van der Waals surface area contributed by atoms with Crippen molar-refractivity contribution in [3.05, 3.63) is 0 Å². The topological polar surface area (TPSA) is 232 Å². The van der Waals surface area contributed by atoms with Crippen LogP contribution in [0.5, 0.6) is 0 Å². The van der Waals surface area contributed by atoms with E-state index in [0.29, 0.717) is 0 Å². The minimum absolute atomic E-state index is 0.567. The molecule has 0 aliphatic carbocycles. The largest absolute Gasteiger partial charge is 0.463 e. The van der Waals surface area contributed by atoms with Crippen molar-refractivity contribution in [2.45, 2.75) is 124 Å². The number of rotatable bonds is 11. The first-order valence-corrected chi connectivity index (χ1v) is 14.5. The van der Waals surface area contributed by atoms with E-state index in [0.717, 1.165) is 41.5 Å². The monoisotopic (exact) mass is 678 g/mol. The van der Waals surface area contributed by atoms with Crippen molar-refractivity contribution in [3.63, 3.8) is 0 Å². The fourth-order valence-corrected chi connectivity index (χ4v) is 4.60. The summed E-state index contributed by atoms with van der Waals surface area (Å²) in [5.74, 6) is -5.95. The van der Waals surface area contributed by atoms with Crippen molar-refractivity contribution in [1.29, 1.82) is 0 Å². The predicted octanol–water partition coefficient (Wildman–Crippen LogP) is -0.375. The number of carbonyl (C=O) groups excluding carboxylic acids is 7. The Morgan fingerprint density at radius 3 is 1.36 bits per heavy atom. The fraction of sp³-hybridized carbons (Fsp3) is 0.759. The summed E-state index contributed by atoms with van der Waals surface area (Å²) in [6, 6.07) is 0. The summed E-state index contributed by atoms with van der Waals surface area (Å²) >= 11 is 0. The molecule has 0 amide bonds. The Kier molecular flexibility index (Phi) is 14.1. The van der Waals surface area contributed by atoms with Gasteiger partial charge in [0.15, 0.2) is 43.1 Å².